The van der Waals surface area contributed by atoms with Crippen molar-refractivity contribution in [2.75, 3.05) is 0 Å². The molecule has 0 fully saturated rings. The fourth-order valence-corrected chi connectivity index (χ4v) is 9.53. The Bertz CT molecular complexity index is 1690. The van der Waals surface area contributed by atoms with Crippen LogP contribution < -0.4 is 10.6 Å². The zero-order chi connectivity index (χ0) is 31.1. The Labute approximate surface area is 285 Å². The van der Waals surface area contributed by atoms with E-state index in [1.807, 2.05) is 30.3 Å². The molecule has 45 heavy (non-hydrogen) atoms. The Morgan fingerprint density at radius 2 is 1.00 bits per heavy atom. The topological polar surface area (TPSA) is 0 Å². The normalized spacial score (nSPS) is 11.1. The molecule has 0 saturated carbocycles. The quantitative estimate of drug-likeness (QED) is 0.0904. The molecule has 0 aliphatic carbocycles. The molecule has 0 heterocycles. The number of benzene rings is 4. The average Bonchev–Trinajstić information content (AvgIpc) is 3.72. The molecule has 6 rings (SSSR count). The SMILES string of the molecule is Cc1ccccc1P(C[c-]1c(CP)c(-c2ccccc2)c(-c2ccccc2)c1C(C)(C)C)c1ccccc1C.[Fe].[cH-]1[cH-][cH-][cH-][cH-]1. The maximum Gasteiger partial charge on any atom is 0 e. The summed E-state index contributed by atoms with van der Waals surface area (Å²) in [5.74, 6) is 0. The van der Waals surface area contributed by atoms with Gasteiger partial charge in [-0.1, -0.05) is 149 Å². The zero-order valence-electron chi connectivity index (χ0n) is 27.1. The van der Waals surface area contributed by atoms with E-state index in [0.29, 0.717) is 0 Å². The fourth-order valence-electron chi connectivity index (χ4n) is 6.28. The number of aryl methyl sites for hydroxylation is 2. The molecule has 0 saturated heterocycles. The van der Waals surface area contributed by atoms with Gasteiger partial charge in [0.25, 0.3) is 0 Å². The molecule has 0 aromatic heterocycles. The smallest absolute Gasteiger partial charge is 0 e. The van der Waals surface area contributed by atoms with Crippen LogP contribution in [0.2, 0.25) is 0 Å². The summed E-state index contributed by atoms with van der Waals surface area (Å²) in [4.78, 5) is 0. The summed E-state index contributed by atoms with van der Waals surface area (Å²) in [6, 6.07) is 50.2. The zero-order valence-corrected chi connectivity index (χ0v) is 30.2. The summed E-state index contributed by atoms with van der Waals surface area (Å²) in [5.41, 5.74) is 12.7. The molecule has 1 atom stereocenters. The first-order chi connectivity index (χ1) is 21.3. The minimum absolute atomic E-state index is 0. The van der Waals surface area contributed by atoms with Crippen LogP contribution in [0.1, 0.15) is 48.6 Å². The third-order valence-corrected chi connectivity index (χ3v) is 11.4. The van der Waals surface area contributed by atoms with E-state index in [1.165, 1.54) is 60.7 Å². The standard InChI is InChI=1S/C37H39P2.C5H5.Fe/c1-26-16-12-14-22-32(26)39(33-23-15-13-17-27(33)2)25-31-30(24-38)34(28-18-8-6-9-19-28)35(36(31)37(3,4)5)29-20-10-7-11-21-29;1-2-4-5-3-1;/h6-23H,24-25,38H2,1-5H3;1-5H;/q-1;-5;. The maximum absolute atomic E-state index is 3.07. The van der Waals surface area contributed by atoms with E-state index < -0.39 is 7.92 Å². The summed E-state index contributed by atoms with van der Waals surface area (Å²) in [7, 11) is 2.47. The van der Waals surface area contributed by atoms with Crippen LogP contribution in [0.25, 0.3) is 22.3 Å². The van der Waals surface area contributed by atoms with Crippen molar-refractivity contribution in [1.29, 1.82) is 0 Å². The number of hydrogen-bond acceptors (Lipinski definition) is 0. The molecule has 3 heteroatoms. The van der Waals surface area contributed by atoms with Crippen molar-refractivity contribution in [2.45, 2.75) is 52.4 Å². The largest absolute Gasteiger partial charge is 0.748 e. The minimum Gasteiger partial charge on any atom is -0.748 e. The Balaban J connectivity index is 0.000000700. The van der Waals surface area contributed by atoms with Gasteiger partial charge in [-0.15, -0.1) is 14.8 Å². The van der Waals surface area contributed by atoms with E-state index in [-0.39, 0.29) is 22.5 Å². The Morgan fingerprint density at radius 3 is 1.40 bits per heavy atom. The monoisotopic (exact) mass is 666 g/mol. The van der Waals surface area contributed by atoms with Gasteiger partial charge in [0.2, 0.25) is 0 Å². The predicted octanol–water partition coefficient (Wildman–Crippen LogP) is 11.1. The molecule has 0 nitrogen and oxygen atoms in total. The molecule has 0 aliphatic rings. The van der Waals surface area contributed by atoms with Gasteiger partial charge in [0.15, 0.2) is 0 Å². The molecule has 6 aromatic carbocycles. The van der Waals surface area contributed by atoms with Crippen LogP contribution in [0, 0.1) is 13.8 Å². The number of hydrogen-bond donors (Lipinski definition) is 0. The summed E-state index contributed by atoms with van der Waals surface area (Å²) in [6.45, 7) is 11.7. The second-order valence-electron chi connectivity index (χ2n) is 12.4. The van der Waals surface area contributed by atoms with Crippen molar-refractivity contribution in [3.8, 4) is 22.3 Å². The Hall–Kier alpha value is -3.04. The van der Waals surface area contributed by atoms with Gasteiger partial charge in [-0.25, -0.2) is 0 Å². The van der Waals surface area contributed by atoms with E-state index in [0.717, 1.165) is 12.3 Å². The van der Waals surface area contributed by atoms with Gasteiger partial charge in [0.05, 0.1) is 0 Å². The van der Waals surface area contributed by atoms with Crippen LogP contribution in [0.5, 0.6) is 0 Å². The van der Waals surface area contributed by atoms with Gasteiger partial charge >= 0.3 is 0 Å². The molecule has 0 aliphatic heterocycles. The minimum atomic E-state index is -0.600. The Morgan fingerprint density at radius 1 is 0.600 bits per heavy atom. The summed E-state index contributed by atoms with van der Waals surface area (Å²) >= 11 is 0. The maximum atomic E-state index is 3.07. The molecule has 0 bridgehead atoms. The molecule has 0 N–H and O–H groups in total. The summed E-state index contributed by atoms with van der Waals surface area (Å²) in [5, 5.41) is 2.97. The van der Waals surface area contributed by atoms with Crippen LogP contribution in [0.15, 0.2) is 140 Å². The van der Waals surface area contributed by atoms with Gasteiger partial charge in [0, 0.05) is 17.1 Å². The van der Waals surface area contributed by atoms with Crippen molar-refractivity contribution >= 4 is 27.8 Å². The Kier molecular flexibility index (Phi) is 12.4. The van der Waals surface area contributed by atoms with Gasteiger partial charge in [-0.2, -0.15) is 22.3 Å². The van der Waals surface area contributed by atoms with Crippen molar-refractivity contribution in [2.24, 2.45) is 0 Å². The fraction of sp³-hybridized carbons (Fsp3) is 0.190. The van der Waals surface area contributed by atoms with Gasteiger partial charge in [-0.3, -0.25) is 0 Å². The van der Waals surface area contributed by atoms with Crippen molar-refractivity contribution in [3.05, 3.63) is 167 Å². The van der Waals surface area contributed by atoms with Crippen molar-refractivity contribution in [3.63, 3.8) is 0 Å². The van der Waals surface area contributed by atoms with E-state index in [4.69, 9.17) is 0 Å². The van der Waals surface area contributed by atoms with Crippen molar-refractivity contribution < 1.29 is 17.1 Å². The average molecular weight is 667 g/mol. The number of rotatable bonds is 7. The first-order valence-electron chi connectivity index (χ1n) is 15.5. The van der Waals surface area contributed by atoms with Gasteiger partial charge < -0.3 is 30.3 Å². The third-order valence-electron chi connectivity index (χ3n) is 8.23. The first kappa shape index (κ1) is 34.8. The molecule has 0 spiro atoms. The molecule has 6 aromatic rings. The van der Waals surface area contributed by atoms with E-state index in [9.17, 15) is 0 Å². The van der Waals surface area contributed by atoms with Crippen LogP contribution in [0.4, 0.5) is 0 Å². The molecular weight excluding hydrogens is 622 g/mol. The van der Waals surface area contributed by atoms with Crippen LogP contribution in [-0.2, 0) is 34.8 Å². The molecule has 236 valence electrons. The molecular formula is C42H44FeP2-6. The van der Waals surface area contributed by atoms with Crippen LogP contribution in [-0.4, -0.2) is 0 Å². The van der Waals surface area contributed by atoms with Crippen LogP contribution in [0.3, 0.4) is 0 Å². The third kappa shape index (κ3) is 8.04. The summed E-state index contributed by atoms with van der Waals surface area (Å²) in [6.07, 6.45) is 1.97. The van der Waals surface area contributed by atoms with Gasteiger partial charge in [-0.05, 0) is 53.3 Å². The second kappa shape index (κ2) is 16.0. The van der Waals surface area contributed by atoms with Gasteiger partial charge in [0.1, 0.15) is 0 Å². The van der Waals surface area contributed by atoms with Crippen molar-refractivity contribution in [1.82, 2.24) is 0 Å². The molecule has 1 unspecified atom stereocenters. The summed E-state index contributed by atoms with van der Waals surface area (Å²) < 4.78 is 0. The molecule has 0 radical (unpaired) electrons. The van der Waals surface area contributed by atoms with Crippen LogP contribution >= 0.6 is 17.2 Å². The van der Waals surface area contributed by atoms with E-state index in [2.05, 4.69) is 153 Å². The first-order valence-corrected chi connectivity index (χ1v) is 17.9. The van der Waals surface area contributed by atoms with E-state index in [1.54, 1.807) is 0 Å². The second-order valence-corrected chi connectivity index (χ2v) is 14.9. The van der Waals surface area contributed by atoms with E-state index >= 15 is 0 Å². The predicted molar refractivity (Wildman–Crippen MR) is 199 cm³/mol. The molecule has 0 amide bonds.